The van der Waals surface area contributed by atoms with Crippen molar-refractivity contribution < 1.29 is 0 Å². The highest BCUT2D eigenvalue weighted by molar-refractivity contribution is 14.1. The van der Waals surface area contributed by atoms with Gasteiger partial charge < -0.3 is 5.73 Å². The minimum absolute atomic E-state index is 0.00674. The van der Waals surface area contributed by atoms with Crippen molar-refractivity contribution in [3.8, 4) is 0 Å². The van der Waals surface area contributed by atoms with Gasteiger partial charge in [0.05, 0.1) is 15.9 Å². The summed E-state index contributed by atoms with van der Waals surface area (Å²) in [5.41, 5.74) is 9.84. The van der Waals surface area contributed by atoms with Crippen molar-refractivity contribution in [2.24, 2.45) is 5.73 Å². The monoisotopic (exact) mass is 447 g/mol. The molecule has 3 nitrogen and oxygen atoms in total. The molecule has 108 valence electrons. The normalized spacial score (nSPS) is 12.7. The number of nitrogens with zero attached hydrogens (tertiary/aromatic N) is 2. The average molecular weight is 448 g/mol. The molecule has 0 aliphatic heterocycles. The smallest absolute Gasteiger partial charge is 0.0766 e. The number of aryl methyl sites for hydroxylation is 2. The summed E-state index contributed by atoms with van der Waals surface area (Å²) in [7, 11) is 0. The lowest BCUT2D eigenvalue weighted by atomic mass is 10.0. The lowest BCUT2D eigenvalue weighted by molar-refractivity contribution is 0.584. The number of aromatic nitrogens is 2. The minimum atomic E-state index is -0.00674. The van der Waals surface area contributed by atoms with Gasteiger partial charge in [0.15, 0.2) is 0 Å². The Balaban J connectivity index is 2.27. The fourth-order valence-electron chi connectivity index (χ4n) is 2.28. The second kappa shape index (κ2) is 7.04. The Hall–Kier alpha value is -0.400. The van der Waals surface area contributed by atoms with Gasteiger partial charge in [-0.25, -0.2) is 0 Å². The zero-order chi connectivity index (χ0) is 14.7. The van der Waals surface area contributed by atoms with Gasteiger partial charge in [-0.05, 0) is 69.6 Å². The van der Waals surface area contributed by atoms with E-state index in [1.807, 2.05) is 0 Å². The summed E-state index contributed by atoms with van der Waals surface area (Å²) in [5, 5.41) is 4.62. The molecule has 1 atom stereocenters. The zero-order valence-corrected chi connectivity index (χ0v) is 15.5. The highest BCUT2D eigenvalue weighted by Crippen LogP contribution is 2.26. The van der Waals surface area contributed by atoms with Gasteiger partial charge in [0, 0.05) is 22.6 Å². The number of rotatable bonds is 5. The highest BCUT2D eigenvalue weighted by atomic mass is 127. The van der Waals surface area contributed by atoms with Crippen molar-refractivity contribution in [2.45, 2.75) is 39.3 Å². The van der Waals surface area contributed by atoms with Crippen LogP contribution in [0, 0.1) is 3.57 Å². The maximum Gasteiger partial charge on any atom is 0.0766 e. The Morgan fingerprint density at radius 3 is 2.75 bits per heavy atom. The molecule has 0 bridgehead atoms. The molecule has 1 unspecified atom stereocenters. The molecule has 0 radical (unpaired) electrons. The number of halogens is 2. The summed E-state index contributed by atoms with van der Waals surface area (Å²) in [5.74, 6) is 0. The molecular weight excluding hydrogens is 429 g/mol. The van der Waals surface area contributed by atoms with Crippen molar-refractivity contribution >= 4 is 38.5 Å². The van der Waals surface area contributed by atoms with Crippen LogP contribution in [-0.2, 0) is 19.4 Å². The molecule has 1 heterocycles. The van der Waals surface area contributed by atoms with Crippen molar-refractivity contribution in [1.29, 1.82) is 0 Å². The third-order valence-corrected chi connectivity index (χ3v) is 4.97. The van der Waals surface area contributed by atoms with E-state index < -0.39 is 0 Å². The lowest BCUT2D eigenvalue weighted by Gasteiger charge is -2.14. The van der Waals surface area contributed by atoms with E-state index in [0.29, 0.717) is 0 Å². The fraction of sp³-hybridized carbons (Fsp3) is 0.400. The van der Waals surface area contributed by atoms with Crippen LogP contribution in [0.1, 0.15) is 36.8 Å². The van der Waals surface area contributed by atoms with Crippen LogP contribution in [0.15, 0.2) is 28.7 Å². The second-order valence-corrected chi connectivity index (χ2v) is 6.78. The standard InChI is InChI=1S/C15H19BrIN3/c1-3-13-15(16)14(20(4-2)19-13)9-12(18)10-6-5-7-11(17)8-10/h5-8,12H,3-4,9,18H2,1-2H3. The first kappa shape index (κ1) is 16.0. The van der Waals surface area contributed by atoms with E-state index >= 15 is 0 Å². The van der Waals surface area contributed by atoms with Crippen molar-refractivity contribution in [3.63, 3.8) is 0 Å². The first-order valence-corrected chi connectivity index (χ1v) is 8.69. The van der Waals surface area contributed by atoms with E-state index in [2.05, 4.69) is 86.4 Å². The van der Waals surface area contributed by atoms with Crippen LogP contribution in [0.5, 0.6) is 0 Å². The SMILES string of the molecule is CCc1nn(CC)c(CC(N)c2cccc(I)c2)c1Br. The zero-order valence-electron chi connectivity index (χ0n) is 11.7. The second-order valence-electron chi connectivity index (χ2n) is 4.74. The predicted octanol–water partition coefficient (Wildman–Crippen LogP) is 4.08. The van der Waals surface area contributed by atoms with Crippen LogP contribution in [-0.4, -0.2) is 9.78 Å². The third kappa shape index (κ3) is 3.43. The first-order chi connectivity index (χ1) is 9.56. The minimum Gasteiger partial charge on any atom is -0.324 e. The van der Waals surface area contributed by atoms with E-state index in [1.54, 1.807) is 0 Å². The van der Waals surface area contributed by atoms with Crippen LogP contribution in [0.25, 0.3) is 0 Å². The maximum atomic E-state index is 6.37. The molecule has 1 aromatic carbocycles. The Morgan fingerprint density at radius 1 is 1.40 bits per heavy atom. The molecule has 0 aliphatic rings. The number of benzene rings is 1. The molecule has 2 N–H and O–H groups in total. The maximum absolute atomic E-state index is 6.37. The Kier molecular flexibility index (Phi) is 5.63. The van der Waals surface area contributed by atoms with E-state index in [4.69, 9.17) is 5.73 Å². The summed E-state index contributed by atoms with van der Waals surface area (Å²) < 4.78 is 4.38. The van der Waals surface area contributed by atoms with Crippen LogP contribution in [0.4, 0.5) is 0 Å². The van der Waals surface area contributed by atoms with Crippen LogP contribution in [0.3, 0.4) is 0 Å². The van der Waals surface area contributed by atoms with Gasteiger partial charge >= 0.3 is 0 Å². The first-order valence-electron chi connectivity index (χ1n) is 6.81. The van der Waals surface area contributed by atoms with E-state index in [-0.39, 0.29) is 6.04 Å². The summed E-state index contributed by atoms with van der Waals surface area (Å²) in [6, 6.07) is 8.37. The van der Waals surface area contributed by atoms with Gasteiger partial charge in [-0.15, -0.1) is 0 Å². The van der Waals surface area contributed by atoms with Crippen LogP contribution in [0.2, 0.25) is 0 Å². The fourth-order valence-corrected chi connectivity index (χ4v) is 3.57. The van der Waals surface area contributed by atoms with Gasteiger partial charge in [-0.2, -0.15) is 5.10 Å². The molecular formula is C15H19BrIN3. The molecule has 0 saturated heterocycles. The quantitative estimate of drug-likeness (QED) is 0.702. The average Bonchev–Trinajstić information content (AvgIpc) is 2.75. The molecule has 20 heavy (non-hydrogen) atoms. The van der Waals surface area contributed by atoms with Crippen LogP contribution < -0.4 is 5.73 Å². The van der Waals surface area contributed by atoms with Crippen molar-refractivity contribution in [1.82, 2.24) is 9.78 Å². The molecule has 5 heteroatoms. The molecule has 0 aliphatic carbocycles. The summed E-state index contributed by atoms with van der Waals surface area (Å²) >= 11 is 6.00. The summed E-state index contributed by atoms with van der Waals surface area (Å²) in [6.45, 7) is 5.10. The summed E-state index contributed by atoms with van der Waals surface area (Å²) in [4.78, 5) is 0. The van der Waals surface area contributed by atoms with Crippen molar-refractivity contribution in [3.05, 3.63) is 49.3 Å². The molecule has 0 spiro atoms. The van der Waals surface area contributed by atoms with Gasteiger partial charge in [0.1, 0.15) is 0 Å². The van der Waals surface area contributed by atoms with Gasteiger partial charge in [0.25, 0.3) is 0 Å². The molecule has 0 fully saturated rings. The predicted molar refractivity (Wildman–Crippen MR) is 94.8 cm³/mol. The molecule has 2 rings (SSSR count). The Morgan fingerprint density at radius 2 is 2.15 bits per heavy atom. The van der Waals surface area contributed by atoms with Gasteiger partial charge in [-0.1, -0.05) is 19.1 Å². The lowest BCUT2D eigenvalue weighted by Crippen LogP contribution is -2.16. The Bertz CT molecular complexity index is 595. The number of hydrogen-bond donors (Lipinski definition) is 1. The number of nitrogens with two attached hydrogens (primary N) is 1. The van der Waals surface area contributed by atoms with Crippen LogP contribution >= 0.6 is 38.5 Å². The highest BCUT2D eigenvalue weighted by Gasteiger charge is 2.17. The molecule has 2 aromatic rings. The van der Waals surface area contributed by atoms with Gasteiger partial charge in [0.2, 0.25) is 0 Å². The summed E-state index contributed by atoms with van der Waals surface area (Å²) in [6.07, 6.45) is 1.72. The van der Waals surface area contributed by atoms with E-state index in [1.165, 1.54) is 14.8 Å². The van der Waals surface area contributed by atoms with E-state index in [9.17, 15) is 0 Å². The van der Waals surface area contributed by atoms with Gasteiger partial charge in [-0.3, -0.25) is 4.68 Å². The molecule has 0 saturated carbocycles. The largest absolute Gasteiger partial charge is 0.324 e. The molecule has 0 amide bonds. The topological polar surface area (TPSA) is 43.8 Å². The number of hydrogen-bond acceptors (Lipinski definition) is 2. The Labute approximate surface area is 142 Å². The van der Waals surface area contributed by atoms with E-state index in [0.717, 1.165) is 29.6 Å². The third-order valence-electron chi connectivity index (χ3n) is 3.38. The molecule has 1 aromatic heterocycles. The van der Waals surface area contributed by atoms with Crippen molar-refractivity contribution in [2.75, 3.05) is 0 Å².